The Morgan fingerprint density at radius 2 is 2.00 bits per heavy atom. The predicted octanol–water partition coefficient (Wildman–Crippen LogP) is 2.76. The first kappa shape index (κ1) is 12.6. The topological polar surface area (TPSA) is 35.2 Å². The Kier molecular flexibility index (Phi) is 4.57. The molecule has 2 nitrogen and oxygen atoms in total. The van der Waals surface area contributed by atoms with Crippen molar-refractivity contribution in [2.45, 2.75) is 44.2 Å². The molecule has 0 radical (unpaired) electrons. The lowest BCUT2D eigenvalue weighted by Gasteiger charge is -2.22. The molecule has 1 aromatic rings. The van der Waals surface area contributed by atoms with Crippen LogP contribution >= 0.6 is 0 Å². The molecule has 0 spiro atoms. The Balaban J connectivity index is 1.70. The average Bonchev–Trinajstić information content (AvgIpc) is 3.16. The number of rotatable bonds is 7. The third-order valence-corrected chi connectivity index (χ3v) is 3.63. The molecule has 1 aromatic carbocycles. The van der Waals surface area contributed by atoms with Gasteiger partial charge in [-0.3, -0.25) is 0 Å². The van der Waals surface area contributed by atoms with Crippen LogP contribution in [-0.4, -0.2) is 19.3 Å². The molecule has 2 rings (SSSR count). The van der Waals surface area contributed by atoms with Crippen LogP contribution in [-0.2, 0) is 11.2 Å². The monoisotopic (exact) mass is 233 g/mol. The molecule has 0 aromatic heterocycles. The smallest absolute Gasteiger partial charge is 0.0750 e. The van der Waals surface area contributed by atoms with Crippen molar-refractivity contribution in [2.24, 2.45) is 11.7 Å². The number of hydrogen-bond acceptors (Lipinski definition) is 2. The van der Waals surface area contributed by atoms with Gasteiger partial charge in [0.2, 0.25) is 0 Å². The summed E-state index contributed by atoms with van der Waals surface area (Å²) in [7, 11) is 1.79. The van der Waals surface area contributed by atoms with Gasteiger partial charge in [-0.05, 0) is 43.6 Å². The second-order valence-corrected chi connectivity index (χ2v) is 5.08. The highest BCUT2D eigenvalue weighted by molar-refractivity contribution is 5.14. The van der Waals surface area contributed by atoms with Gasteiger partial charge in [-0.2, -0.15) is 0 Å². The Morgan fingerprint density at radius 1 is 1.29 bits per heavy atom. The van der Waals surface area contributed by atoms with Gasteiger partial charge < -0.3 is 10.5 Å². The summed E-state index contributed by atoms with van der Waals surface area (Å²) < 4.78 is 5.51. The quantitative estimate of drug-likeness (QED) is 0.786. The molecule has 0 amide bonds. The number of benzene rings is 1. The first-order valence-electron chi connectivity index (χ1n) is 6.63. The predicted molar refractivity (Wildman–Crippen MR) is 70.9 cm³/mol. The zero-order chi connectivity index (χ0) is 12.1. The lowest BCUT2D eigenvalue weighted by atomic mass is 9.99. The van der Waals surface area contributed by atoms with Crippen LogP contribution in [0, 0.1) is 5.92 Å². The van der Waals surface area contributed by atoms with Crippen LogP contribution in [0.15, 0.2) is 30.3 Å². The number of aryl methyl sites for hydroxylation is 1. The Bertz CT molecular complexity index is 321. The summed E-state index contributed by atoms with van der Waals surface area (Å²) in [6, 6.07) is 10.8. The molecule has 0 saturated heterocycles. The fraction of sp³-hybridized carbons (Fsp3) is 0.600. The van der Waals surface area contributed by atoms with E-state index in [1.54, 1.807) is 7.11 Å². The van der Waals surface area contributed by atoms with E-state index >= 15 is 0 Å². The van der Waals surface area contributed by atoms with Crippen LogP contribution in [0.3, 0.4) is 0 Å². The second-order valence-electron chi connectivity index (χ2n) is 5.08. The maximum atomic E-state index is 6.21. The van der Waals surface area contributed by atoms with E-state index in [4.69, 9.17) is 10.5 Å². The molecule has 94 valence electrons. The molecule has 2 heteroatoms. The number of ether oxygens (including phenoxy) is 1. The minimum atomic E-state index is 0.205. The molecule has 2 atom stereocenters. The van der Waals surface area contributed by atoms with Gasteiger partial charge in [0.25, 0.3) is 0 Å². The van der Waals surface area contributed by atoms with Crippen molar-refractivity contribution >= 4 is 0 Å². The molecule has 2 N–H and O–H groups in total. The van der Waals surface area contributed by atoms with Gasteiger partial charge in [0, 0.05) is 13.2 Å². The van der Waals surface area contributed by atoms with Gasteiger partial charge in [0.15, 0.2) is 0 Å². The highest BCUT2D eigenvalue weighted by Crippen LogP contribution is 2.35. The summed E-state index contributed by atoms with van der Waals surface area (Å²) in [5.41, 5.74) is 7.61. The van der Waals surface area contributed by atoms with Crippen LogP contribution in [0.25, 0.3) is 0 Å². The van der Waals surface area contributed by atoms with Gasteiger partial charge in [-0.25, -0.2) is 0 Å². The maximum absolute atomic E-state index is 6.21. The second kappa shape index (κ2) is 6.18. The largest absolute Gasteiger partial charge is 0.380 e. The van der Waals surface area contributed by atoms with Crippen molar-refractivity contribution in [2.75, 3.05) is 7.11 Å². The molecule has 1 fully saturated rings. The molecular weight excluding hydrogens is 210 g/mol. The van der Waals surface area contributed by atoms with E-state index in [-0.39, 0.29) is 12.1 Å². The number of methoxy groups -OCH3 is 1. The molecule has 1 aliphatic carbocycles. The van der Waals surface area contributed by atoms with E-state index in [2.05, 4.69) is 30.3 Å². The van der Waals surface area contributed by atoms with Crippen molar-refractivity contribution in [1.29, 1.82) is 0 Å². The maximum Gasteiger partial charge on any atom is 0.0750 e. The molecule has 1 saturated carbocycles. The van der Waals surface area contributed by atoms with E-state index in [1.165, 1.54) is 18.4 Å². The summed E-state index contributed by atoms with van der Waals surface area (Å²) in [6.45, 7) is 0. The highest BCUT2D eigenvalue weighted by atomic mass is 16.5. The van der Waals surface area contributed by atoms with E-state index < -0.39 is 0 Å². The Labute approximate surface area is 104 Å². The number of nitrogens with two attached hydrogens (primary N) is 1. The first-order chi connectivity index (χ1) is 8.31. The molecule has 2 unspecified atom stereocenters. The van der Waals surface area contributed by atoms with Gasteiger partial charge in [-0.1, -0.05) is 30.3 Å². The summed E-state index contributed by atoms with van der Waals surface area (Å²) in [5, 5.41) is 0. The highest BCUT2D eigenvalue weighted by Gasteiger charge is 2.34. The molecule has 0 heterocycles. The Morgan fingerprint density at radius 3 is 2.59 bits per heavy atom. The lowest BCUT2D eigenvalue weighted by molar-refractivity contribution is 0.0597. The van der Waals surface area contributed by atoms with E-state index in [9.17, 15) is 0 Å². The van der Waals surface area contributed by atoms with Gasteiger partial charge in [0.1, 0.15) is 0 Å². The molecular formula is C15H23NO. The SMILES string of the molecule is COC(C(N)CCCc1ccccc1)C1CC1. The number of hydrogen-bond donors (Lipinski definition) is 1. The van der Waals surface area contributed by atoms with Gasteiger partial charge in [-0.15, -0.1) is 0 Å². The van der Waals surface area contributed by atoms with Crippen LogP contribution < -0.4 is 5.73 Å². The van der Waals surface area contributed by atoms with Crippen molar-refractivity contribution in [3.05, 3.63) is 35.9 Å². The van der Waals surface area contributed by atoms with Crippen LogP contribution in [0.1, 0.15) is 31.2 Å². The summed E-state index contributed by atoms with van der Waals surface area (Å²) in [6.07, 6.45) is 6.21. The fourth-order valence-corrected chi connectivity index (χ4v) is 2.49. The minimum absolute atomic E-state index is 0.205. The molecule has 17 heavy (non-hydrogen) atoms. The van der Waals surface area contributed by atoms with Gasteiger partial charge in [0.05, 0.1) is 6.10 Å². The van der Waals surface area contributed by atoms with Crippen molar-refractivity contribution in [3.8, 4) is 0 Å². The van der Waals surface area contributed by atoms with Crippen molar-refractivity contribution < 1.29 is 4.74 Å². The zero-order valence-corrected chi connectivity index (χ0v) is 10.6. The molecule has 0 bridgehead atoms. The Hall–Kier alpha value is -0.860. The summed E-state index contributed by atoms with van der Waals surface area (Å²) in [4.78, 5) is 0. The van der Waals surface area contributed by atoms with Crippen LogP contribution in [0.5, 0.6) is 0 Å². The molecule has 1 aliphatic rings. The lowest BCUT2D eigenvalue weighted by Crippen LogP contribution is -2.37. The van der Waals surface area contributed by atoms with E-state index in [0.717, 1.165) is 25.2 Å². The zero-order valence-electron chi connectivity index (χ0n) is 10.6. The van der Waals surface area contributed by atoms with E-state index in [0.29, 0.717) is 0 Å². The van der Waals surface area contributed by atoms with Crippen LogP contribution in [0.4, 0.5) is 0 Å². The average molecular weight is 233 g/mol. The summed E-state index contributed by atoms with van der Waals surface area (Å²) >= 11 is 0. The summed E-state index contributed by atoms with van der Waals surface area (Å²) in [5.74, 6) is 0.728. The van der Waals surface area contributed by atoms with Gasteiger partial charge >= 0.3 is 0 Å². The van der Waals surface area contributed by atoms with Crippen molar-refractivity contribution in [3.63, 3.8) is 0 Å². The van der Waals surface area contributed by atoms with E-state index in [1.807, 2.05) is 0 Å². The standard InChI is InChI=1S/C15H23NO/c1-17-15(13-10-11-13)14(16)9-5-8-12-6-3-2-4-7-12/h2-4,6-7,13-15H,5,8-11,16H2,1H3. The minimum Gasteiger partial charge on any atom is -0.380 e. The fourth-order valence-electron chi connectivity index (χ4n) is 2.49. The van der Waals surface area contributed by atoms with Crippen molar-refractivity contribution in [1.82, 2.24) is 0 Å². The first-order valence-corrected chi connectivity index (χ1v) is 6.63. The third kappa shape index (κ3) is 3.83. The molecule has 0 aliphatic heterocycles. The normalized spacial score (nSPS) is 18.9. The third-order valence-electron chi connectivity index (χ3n) is 3.63. The van der Waals surface area contributed by atoms with Crippen LogP contribution in [0.2, 0.25) is 0 Å².